The number of hydrogen-bond donors (Lipinski definition) is 1. The maximum atomic E-state index is 12.9. The Bertz CT molecular complexity index is 847. The number of aliphatic hydroxyl groups excluding tert-OH is 1. The van der Waals surface area contributed by atoms with Gasteiger partial charge in [-0.25, -0.2) is 0 Å². The van der Waals surface area contributed by atoms with E-state index in [1.54, 1.807) is 0 Å². The number of carbonyl (C=O) groups excluding carboxylic acids is 1. The third-order valence-corrected chi connectivity index (χ3v) is 6.29. The molecular weight excluding hydrogens is 457 g/mol. The van der Waals surface area contributed by atoms with E-state index in [1.807, 2.05) is 26.8 Å². The Balaban J connectivity index is 1.82. The Morgan fingerprint density at radius 1 is 1.23 bits per heavy atom. The Hall–Kier alpha value is -2.28. The topological polar surface area (TPSA) is 55.8 Å². The van der Waals surface area contributed by atoms with Gasteiger partial charge < -0.3 is 14.6 Å². The summed E-state index contributed by atoms with van der Waals surface area (Å²) in [4.78, 5) is 11.6. The van der Waals surface area contributed by atoms with Crippen LogP contribution in [0.4, 0.5) is 13.2 Å². The molecule has 1 aliphatic rings. The minimum absolute atomic E-state index is 0.0104. The molecule has 4 nitrogen and oxygen atoms in total. The van der Waals surface area contributed by atoms with E-state index in [1.165, 1.54) is 12.1 Å². The minimum atomic E-state index is -4.40. The lowest BCUT2D eigenvalue weighted by atomic mass is 9.86. The average Bonchev–Trinajstić information content (AvgIpc) is 3.04. The number of unbranched alkanes of at least 4 members (excludes halogenated alkanes) is 1. The van der Waals surface area contributed by atoms with Gasteiger partial charge in [-0.3, -0.25) is 4.79 Å². The van der Waals surface area contributed by atoms with Crippen LogP contribution in [0.5, 0.6) is 5.75 Å². The highest BCUT2D eigenvalue weighted by Crippen LogP contribution is 2.40. The molecule has 0 aliphatic heterocycles. The summed E-state index contributed by atoms with van der Waals surface area (Å²) in [6.07, 6.45) is 6.86. The van der Waals surface area contributed by atoms with Crippen LogP contribution >= 0.6 is 0 Å². The maximum Gasteiger partial charge on any atom is 0.416 e. The summed E-state index contributed by atoms with van der Waals surface area (Å²) in [5, 5.41) is 10.6. The number of hydrogen-bond acceptors (Lipinski definition) is 4. The third-order valence-electron chi connectivity index (χ3n) is 6.29. The molecule has 1 aromatic carbocycles. The summed E-state index contributed by atoms with van der Waals surface area (Å²) in [5.74, 6) is 0.694. The van der Waals surface area contributed by atoms with E-state index < -0.39 is 11.7 Å². The van der Waals surface area contributed by atoms with Gasteiger partial charge in [0.15, 0.2) is 0 Å². The van der Waals surface area contributed by atoms with Gasteiger partial charge in [-0.1, -0.05) is 44.2 Å². The second kappa shape index (κ2) is 13.7. The highest BCUT2D eigenvalue weighted by atomic mass is 19.4. The summed E-state index contributed by atoms with van der Waals surface area (Å²) in [6.45, 7) is 8.03. The van der Waals surface area contributed by atoms with Gasteiger partial charge in [0.2, 0.25) is 0 Å². The first-order chi connectivity index (χ1) is 16.5. The summed E-state index contributed by atoms with van der Waals surface area (Å²) in [5.41, 5.74) is -0.724. The second-order valence-electron chi connectivity index (χ2n) is 9.86. The fraction of sp³-hybridized carbons (Fsp3) is 0.607. The molecule has 1 aliphatic carbocycles. The number of benzene rings is 1. The number of halogens is 3. The predicted molar refractivity (Wildman–Crippen MR) is 131 cm³/mol. The molecule has 0 bridgehead atoms. The summed E-state index contributed by atoms with van der Waals surface area (Å²) in [6, 6.07) is 4.91. The van der Waals surface area contributed by atoms with Crippen molar-refractivity contribution in [2.24, 2.45) is 23.7 Å². The van der Waals surface area contributed by atoms with Gasteiger partial charge in [-0.15, -0.1) is 0 Å². The predicted octanol–water partition coefficient (Wildman–Crippen LogP) is 6.98. The summed E-state index contributed by atoms with van der Waals surface area (Å²) < 4.78 is 49.3. The van der Waals surface area contributed by atoms with E-state index >= 15 is 0 Å². The molecule has 2 unspecified atom stereocenters. The molecule has 0 heterocycles. The molecule has 5 atom stereocenters. The van der Waals surface area contributed by atoms with E-state index in [-0.39, 0.29) is 48.3 Å². The fourth-order valence-corrected chi connectivity index (χ4v) is 4.46. The molecule has 0 saturated heterocycles. The van der Waals surface area contributed by atoms with Gasteiger partial charge in [0, 0.05) is 12.3 Å². The molecule has 0 spiro atoms. The van der Waals surface area contributed by atoms with E-state index in [0.717, 1.165) is 37.8 Å². The van der Waals surface area contributed by atoms with Crippen molar-refractivity contribution in [1.29, 1.82) is 0 Å². The van der Waals surface area contributed by atoms with Gasteiger partial charge >= 0.3 is 12.1 Å². The van der Waals surface area contributed by atoms with Crippen LogP contribution in [0.15, 0.2) is 48.6 Å². The Morgan fingerprint density at radius 3 is 2.66 bits per heavy atom. The SMILES string of the molecule is CC(/C=C/[C@H]1C(C)C[C@H](O)[C@@H]1C/C=C\CCCC(=O)OC(C)C)COc1cccc(C(F)(F)F)c1. The molecule has 7 heteroatoms. The van der Waals surface area contributed by atoms with Crippen LogP contribution < -0.4 is 4.74 Å². The summed E-state index contributed by atoms with van der Waals surface area (Å²) >= 11 is 0. The third kappa shape index (κ3) is 10.1. The number of carbonyl (C=O) groups is 1. The van der Waals surface area contributed by atoms with Crippen molar-refractivity contribution >= 4 is 5.97 Å². The monoisotopic (exact) mass is 496 g/mol. The van der Waals surface area contributed by atoms with Crippen molar-refractivity contribution in [2.45, 2.75) is 78.2 Å². The number of esters is 1. The number of allylic oxidation sites excluding steroid dienone is 3. The van der Waals surface area contributed by atoms with Crippen LogP contribution in [0, 0.1) is 23.7 Å². The van der Waals surface area contributed by atoms with Gasteiger partial charge in [0.25, 0.3) is 0 Å². The average molecular weight is 497 g/mol. The molecule has 1 aromatic rings. The quantitative estimate of drug-likeness (QED) is 0.193. The van der Waals surface area contributed by atoms with Crippen molar-refractivity contribution in [2.75, 3.05) is 6.61 Å². The molecule has 1 fully saturated rings. The van der Waals surface area contributed by atoms with E-state index in [2.05, 4.69) is 25.2 Å². The highest BCUT2D eigenvalue weighted by Gasteiger charge is 2.37. The lowest BCUT2D eigenvalue weighted by Gasteiger charge is -2.20. The van der Waals surface area contributed by atoms with Crippen LogP contribution in [0.25, 0.3) is 0 Å². The molecule has 2 rings (SSSR count). The lowest BCUT2D eigenvalue weighted by Crippen LogP contribution is -2.18. The zero-order valence-corrected chi connectivity index (χ0v) is 21.1. The molecule has 1 N–H and O–H groups in total. The van der Waals surface area contributed by atoms with Crippen molar-refractivity contribution in [3.8, 4) is 5.75 Å². The lowest BCUT2D eigenvalue weighted by molar-refractivity contribution is -0.147. The zero-order valence-electron chi connectivity index (χ0n) is 21.1. The van der Waals surface area contributed by atoms with E-state index in [0.29, 0.717) is 12.3 Å². The van der Waals surface area contributed by atoms with Gasteiger partial charge in [-0.05, 0) is 75.5 Å². The first-order valence-corrected chi connectivity index (χ1v) is 12.5. The smallest absolute Gasteiger partial charge is 0.416 e. The molecule has 196 valence electrons. The van der Waals surface area contributed by atoms with Gasteiger partial charge in [-0.2, -0.15) is 13.2 Å². The van der Waals surface area contributed by atoms with Crippen LogP contribution in [-0.4, -0.2) is 29.9 Å². The second-order valence-corrected chi connectivity index (χ2v) is 9.86. The molecule has 35 heavy (non-hydrogen) atoms. The summed E-state index contributed by atoms with van der Waals surface area (Å²) in [7, 11) is 0. The Kier molecular flexibility index (Phi) is 11.3. The van der Waals surface area contributed by atoms with Crippen LogP contribution in [0.3, 0.4) is 0 Å². The van der Waals surface area contributed by atoms with Gasteiger partial charge in [0.05, 0.1) is 24.4 Å². The zero-order chi connectivity index (χ0) is 26.0. The Labute approximate surface area is 207 Å². The number of alkyl halides is 3. The van der Waals surface area contributed by atoms with Crippen LogP contribution in [-0.2, 0) is 15.7 Å². The normalized spacial score (nSPS) is 23.9. The van der Waals surface area contributed by atoms with Crippen molar-refractivity contribution < 1.29 is 32.5 Å². The van der Waals surface area contributed by atoms with Crippen LogP contribution in [0.1, 0.15) is 65.4 Å². The highest BCUT2D eigenvalue weighted by molar-refractivity contribution is 5.69. The molecule has 0 amide bonds. The number of aliphatic hydroxyl groups is 1. The van der Waals surface area contributed by atoms with Gasteiger partial charge in [0.1, 0.15) is 5.75 Å². The first-order valence-electron chi connectivity index (χ1n) is 12.5. The standard InChI is InChI=1S/C28H39F3O4/c1-19(2)35-27(33)13-8-6-5-7-12-25-24(21(4)16-26(25)32)15-14-20(3)18-34-23-11-9-10-22(17-23)28(29,30)31/h5,7,9-11,14-15,17,19-21,24-26,32H,6,8,12-13,16,18H2,1-4H3/b7-5-,15-14+/t20?,21?,24-,25+,26-/m0/s1. The number of rotatable bonds is 12. The largest absolute Gasteiger partial charge is 0.493 e. The molecule has 0 aromatic heterocycles. The maximum absolute atomic E-state index is 12.9. The van der Waals surface area contributed by atoms with E-state index in [4.69, 9.17) is 9.47 Å². The minimum Gasteiger partial charge on any atom is -0.493 e. The fourth-order valence-electron chi connectivity index (χ4n) is 4.46. The number of ether oxygens (including phenoxy) is 2. The molecular formula is C28H39F3O4. The first kappa shape index (κ1) is 29.0. The van der Waals surface area contributed by atoms with Crippen LogP contribution in [0.2, 0.25) is 0 Å². The van der Waals surface area contributed by atoms with Crippen molar-refractivity contribution in [1.82, 2.24) is 0 Å². The Morgan fingerprint density at radius 2 is 1.97 bits per heavy atom. The molecule has 0 radical (unpaired) electrons. The van der Waals surface area contributed by atoms with E-state index in [9.17, 15) is 23.1 Å². The molecule has 1 saturated carbocycles. The van der Waals surface area contributed by atoms with Crippen molar-refractivity contribution in [3.63, 3.8) is 0 Å². The van der Waals surface area contributed by atoms with Crippen molar-refractivity contribution in [3.05, 3.63) is 54.1 Å².